The largest absolute Gasteiger partial charge is 0.467 e. The fourth-order valence-electron chi connectivity index (χ4n) is 3.96. The highest BCUT2D eigenvalue weighted by Gasteiger charge is 2.36. The van der Waals surface area contributed by atoms with Crippen molar-refractivity contribution in [3.05, 3.63) is 54.2 Å². The first-order chi connectivity index (χ1) is 14.6. The second kappa shape index (κ2) is 8.95. The predicted molar refractivity (Wildman–Crippen MR) is 117 cm³/mol. The summed E-state index contributed by atoms with van der Waals surface area (Å²) < 4.78 is 7.39. The van der Waals surface area contributed by atoms with Gasteiger partial charge in [0, 0.05) is 20.0 Å². The lowest BCUT2D eigenvalue weighted by Gasteiger charge is -2.21. The molecule has 1 saturated heterocycles. The zero-order chi connectivity index (χ0) is 21.1. The smallest absolute Gasteiger partial charge is 0.226 e. The maximum atomic E-state index is 13.1. The Morgan fingerprint density at radius 1 is 1.33 bits per heavy atom. The molecule has 1 N–H and O–H groups in total. The fourth-order valence-corrected chi connectivity index (χ4v) is 4.43. The number of thioether (sulfide) groups is 1. The number of para-hydroxylation sites is 2. The molecule has 1 aliphatic rings. The van der Waals surface area contributed by atoms with Crippen LogP contribution in [0.1, 0.15) is 30.5 Å². The molecule has 30 heavy (non-hydrogen) atoms. The molecule has 158 valence electrons. The third-order valence-electron chi connectivity index (χ3n) is 5.57. The third kappa shape index (κ3) is 4.23. The van der Waals surface area contributed by atoms with Crippen LogP contribution in [0.25, 0.3) is 11.0 Å². The second-order valence-corrected chi connectivity index (χ2v) is 8.60. The Morgan fingerprint density at radius 3 is 2.90 bits per heavy atom. The van der Waals surface area contributed by atoms with Gasteiger partial charge in [0.2, 0.25) is 11.8 Å². The van der Waals surface area contributed by atoms with Crippen LogP contribution in [0.15, 0.2) is 47.1 Å². The van der Waals surface area contributed by atoms with Crippen molar-refractivity contribution in [3.63, 3.8) is 0 Å². The van der Waals surface area contributed by atoms with Crippen LogP contribution < -0.4 is 5.32 Å². The maximum Gasteiger partial charge on any atom is 0.226 e. The first-order valence-corrected chi connectivity index (χ1v) is 11.5. The molecular weight excluding hydrogens is 400 g/mol. The number of furan rings is 1. The van der Waals surface area contributed by atoms with E-state index in [2.05, 4.69) is 11.6 Å². The Morgan fingerprint density at radius 2 is 2.17 bits per heavy atom. The van der Waals surface area contributed by atoms with Crippen LogP contribution >= 0.6 is 11.8 Å². The number of benzene rings is 1. The molecule has 1 aliphatic heterocycles. The van der Waals surface area contributed by atoms with E-state index in [9.17, 15) is 9.59 Å². The molecule has 0 saturated carbocycles. The molecule has 1 aromatic carbocycles. The van der Waals surface area contributed by atoms with Gasteiger partial charge in [-0.3, -0.25) is 9.59 Å². The predicted octanol–water partition coefficient (Wildman–Crippen LogP) is 3.13. The van der Waals surface area contributed by atoms with E-state index in [1.165, 1.54) is 0 Å². The molecular formula is C22H26N4O3S. The van der Waals surface area contributed by atoms with Crippen molar-refractivity contribution in [3.8, 4) is 0 Å². The number of carbonyl (C=O) groups excluding carboxylic acids is 2. The normalized spacial score (nSPS) is 17.6. The molecule has 3 heterocycles. The van der Waals surface area contributed by atoms with Crippen molar-refractivity contribution in [2.24, 2.45) is 13.0 Å². The van der Waals surface area contributed by atoms with Crippen molar-refractivity contribution in [2.75, 3.05) is 18.6 Å². The zero-order valence-corrected chi connectivity index (χ0v) is 18.0. The van der Waals surface area contributed by atoms with Crippen LogP contribution in [0.5, 0.6) is 0 Å². The van der Waals surface area contributed by atoms with E-state index < -0.39 is 0 Å². The van der Waals surface area contributed by atoms with Crippen LogP contribution in [0.3, 0.4) is 0 Å². The van der Waals surface area contributed by atoms with Crippen molar-refractivity contribution in [2.45, 2.75) is 25.4 Å². The number of amides is 2. The van der Waals surface area contributed by atoms with Gasteiger partial charge in [0.15, 0.2) is 0 Å². The van der Waals surface area contributed by atoms with Crippen LogP contribution in [0.2, 0.25) is 0 Å². The quantitative estimate of drug-likeness (QED) is 0.599. The summed E-state index contributed by atoms with van der Waals surface area (Å²) in [4.78, 5) is 31.9. The van der Waals surface area contributed by atoms with Gasteiger partial charge in [0.25, 0.3) is 0 Å². The van der Waals surface area contributed by atoms with Crippen molar-refractivity contribution < 1.29 is 14.0 Å². The number of likely N-dealkylation sites (tertiary alicyclic amines) is 1. The highest BCUT2D eigenvalue weighted by molar-refractivity contribution is 7.98. The standard InChI is InChI=1S/C22H26N4O3S/c1-25-19-8-4-3-7-17(19)23-21(25)18(9-11-30-2)24-22(28)15-12-20(27)26(13-15)14-16-6-5-10-29-16/h3-8,10,15,18H,9,11-14H2,1-2H3,(H,24,28)/t15-,18-/m0/s1. The van der Waals surface area contributed by atoms with Crippen LogP contribution in [-0.4, -0.2) is 44.8 Å². The summed E-state index contributed by atoms with van der Waals surface area (Å²) in [6.07, 6.45) is 4.65. The highest BCUT2D eigenvalue weighted by Crippen LogP contribution is 2.25. The minimum atomic E-state index is -0.362. The Bertz CT molecular complexity index is 1030. The zero-order valence-electron chi connectivity index (χ0n) is 17.2. The molecule has 1 fully saturated rings. The molecule has 8 heteroatoms. The number of nitrogens with zero attached hydrogens (tertiary/aromatic N) is 3. The third-order valence-corrected chi connectivity index (χ3v) is 6.22. The second-order valence-electron chi connectivity index (χ2n) is 7.62. The molecule has 0 unspecified atom stereocenters. The van der Waals surface area contributed by atoms with Gasteiger partial charge in [-0.15, -0.1) is 0 Å². The molecule has 0 aliphatic carbocycles. The average molecular weight is 427 g/mol. The minimum Gasteiger partial charge on any atom is -0.467 e. The lowest BCUT2D eigenvalue weighted by molar-refractivity contribution is -0.129. The van der Waals surface area contributed by atoms with Gasteiger partial charge in [-0.1, -0.05) is 12.1 Å². The summed E-state index contributed by atoms with van der Waals surface area (Å²) in [5.41, 5.74) is 1.95. The van der Waals surface area contributed by atoms with Crippen LogP contribution in [0, 0.1) is 5.92 Å². The monoisotopic (exact) mass is 426 g/mol. The Balaban J connectivity index is 1.48. The number of rotatable bonds is 8. The van der Waals surface area contributed by atoms with Crippen molar-refractivity contribution in [1.82, 2.24) is 19.8 Å². The van der Waals surface area contributed by atoms with Gasteiger partial charge < -0.3 is 19.2 Å². The van der Waals surface area contributed by atoms with Gasteiger partial charge in [-0.25, -0.2) is 4.98 Å². The summed E-state index contributed by atoms with van der Waals surface area (Å²) in [7, 11) is 1.98. The molecule has 7 nitrogen and oxygen atoms in total. The number of aromatic nitrogens is 2. The lowest BCUT2D eigenvalue weighted by atomic mass is 10.1. The number of carbonyl (C=O) groups is 2. The molecule has 0 radical (unpaired) electrons. The van der Waals surface area contributed by atoms with Crippen LogP contribution in [0.4, 0.5) is 0 Å². The summed E-state index contributed by atoms with van der Waals surface area (Å²) in [5.74, 6) is 2.00. The number of hydrogen-bond donors (Lipinski definition) is 1. The van der Waals surface area contributed by atoms with Gasteiger partial charge in [-0.2, -0.15) is 11.8 Å². The summed E-state index contributed by atoms with van der Waals surface area (Å²) in [6.45, 7) is 0.805. The Hall–Kier alpha value is -2.74. The SMILES string of the molecule is CSCC[C@H](NC(=O)[C@H]1CC(=O)N(Cc2ccco2)C1)c1nc2ccccc2n1C. The van der Waals surface area contributed by atoms with Crippen LogP contribution in [-0.2, 0) is 23.2 Å². The van der Waals surface area contributed by atoms with Gasteiger partial charge in [0.05, 0.1) is 35.8 Å². The molecule has 2 atom stereocenters. The molecule has 2 amide bonds. The number of aryl methyl sites for hydroxylation is 1. The molecule has 0 spiro atoms. The Kier molecular flexibility index (Phi) is 6.13. The Labute approximate surface area is 179 Å². The minimum absolute atomic E-state index is 0.0186. The van der Waals surface area contributed by atoms with E-state index in [0.717, 1.165) is 34.8 Å². The van der Waals surface area contributed by atoms with E-state index in [-0.39, 0.29) is 30.2 Å². The van der Waals surface area contributed by atoms with E-state index in [4.69, 9.17) is 9.40 Å². The lowest BCUT2D eigenvalue weighted by Crippen LogP contribution is -2.36. The molecule has 4 rings (SSSR count). The topological polar surface area (TPSA) is 80.4 Å². The van der Waals surface area contributed by atoms with Crippen molar-refractivity contribution >= 4 is 34.6 Å². The van der Waals surface area contributed by atoms with Gasteiger partial charge in [-0.05, 0) is 42.7 Å². The average Bonchev–Trinajstić information content (AvgIpc) is 3.46. The van der Waals surface area contributed by atoms with Gasteiger partial charge >= 0.3 is 0 Å². The molecule has 3 aromatic rings. The summed E-state index contributed by atoms with van der Waals surface area (Å²) >= 11 is 1.74. The summed E-state index contributed by atoms with van der Waals surface area (Å²) in [6, 6.07) is 11.4. The molecule has 2 aromatic heterocycles. The maximum absolute atomic E-state index is 13.1. The van der Waals surface area contributed by atoms with E-state index in [1.807, 2.05) is 41.9 Å². The number of nitrogens with one attached hydrogen (secondary N) is 1. The first kappa shape index (κ1) is 20.5. The van der Waals surface area contributed by atoms with Crippen molar-refractivity contribution in [1.29, 1.82) is 0 Å². The van der Waals surface area contributed by atoms with E-state index >= 15 is 0 Å². The number of imidazole rings is 1. The molecule has 0 bridgehead atoms. The first-order valence-electron chi connectivity index (χ1n) is 10.1. The van der Waals surface area contributed by atoms with Gasteiger partial charge in [0.1, 0.15) is 11.6 Å². The number of fused-ring (bicyclic) bond motifs is 1. The number of hydrogen-bond acceptors (Lipinski definition) is 5. The van der Waals surface area contributed by atoms with E-state index in [1.54, 1.807) is 29.0 Å². The summed E-state index contributed by atoms with van der Waals surface area (Å²) in [5, 5.41) is 3.17. The van der Waals surface area contributed by atoms with E-state index in [0.29, 0.717) is 13.1 Å². The fraction of sp³-hybridized carbons (Fsp3) is 0.409. The highest BCUT2D eigenvalue weighted by atomic mass is 32.2.